The van der Waals surface area contributed by atoms with E-state index in [-0.39, 0.29) is 16.4 Å². The van der Waals surface area contributed by atoms with Crippen LogP contribution in [0.3, 0.4) is 0 Å². The van der Waals surface area contributed by atoms with Gasteiger partial charge in [0.25, 0.3) is 0 Å². The highest BCUT2D eigenvalue weighted by Crippen LogP contribution is 2.48. The lowest BCUT2D eigenvalue weighted by Gasteiger charge is -2.49. The lowest BCUT2D eigenvalue weighted by molar-refractivity contribution is -0.0618. The van der Waals surface area contributed by atoms with Crippen molar-refractivity contribution in [1.82, 2.24) is 0 Å². The Balaban J connectivity index is 2.34. The van der Waals surface area contributed by atoms with E-state index in [4.69, 9.17) is 5.73 Å². The predicted molar refractivity (Wildman–Crippen MR) is 67.3 cm³/mol. The van der Waals surface area contributed by atoms with Gasteiger partial charge in [-0.05, 0) is 38.5 Å². The minimum Gasteiger partial charge on any atom is -0.388 e. The van der Waals surface area contributed by atoms with Gasteiger partial charge in [-0.15, -0.1) is 0 Å². The fourth-order valence-electron chi connectivity index (χ4n) is 3.22. The van der Waals surface area contributed by atoms with Gasteiger partial charge in [-0.1, -0.05) is 13.8 Å². The maximum atomic E-state index is 12.0. The second-order valence-corrected chi connectivity index (χ2v) is 8.80. The van der Waals surface area contributed by atoms with Gasteiger partial charge in [-0.25, -0.2) is 8.42 Å². The topological polar surface area (TPSA) is 80.4 Å². The van der Waals surface area contributed by atoms with Crippen molar-refractivity contribution < 1.29 is 13.5 Å². The molecule has 2 aliphatic heterocycles. The summed E-state index contributed by atoms with van der Waals surface area (Å²) in [5.74, 6) is 0.118. The standard InChI is InChI=1S/C12H23NO3S/c1-8(2)11(3,13)12(14)6-9-4-5-10(7-12)17(9,15)16/h8-10,14H,4-7,13H2,1-3H3. The zero-order valence-corrected chi connectivity index (χ0v) is 11.6. The van der Waals surface area contributed by atoms with Crippen LogP contribution < -0.4 is 5.73 Å². The van der Waals surface area contributed by atoms with Crippen LogP contribution in [0, 0.1) is 5.92 Å². The molecule has 0 aromatic carbocycles. The van der Waals surface area contributed by atoms with Crippen molar-refractivity contribution in [1.29, 1.82) is 0 Å². The van der Waals surface area contributed by atoms with Crippen molar-refractivity contribution in [3.8, 4) is 0 Å². The molecular weight excluding hydrogens is 238 g/mol. The summed E-state index contributed by atoms with van der Waals surface area (Å²) in [6, 6.07) is 0. The summed E-state index contributed by atoms with van der Waals surface area (Å²) < 4.78 is 24.0. The number of sulfone groups is 1. The SMILES string of the molecule is CC(C)C(C)(N)C1(O)CC2CCC(C1)S2(=O)=O. The van der Waals surface area contributed by atoms with Gasteiger partial charge in [0.1, 0.15) is 0 Å². The highest BCUT2D eigenvalue weighted by molar-refractivity contribution is 7.93. The molecule has 3 N–H and O–H groups in total. The Bertz CT molecular complexity index is 393. The molecule has 2 aliphatic rings. The quantitative estimate of drug-likeness (QED) is 0.771. The Hall–Kier alpha value is -0.130. The summed E-state index contributed by atoms with van der Waals surface area (Å²) in [7, 11) is -3.00. The average Bonchev–Trinajstić information content (AvgIpc) is 2.39. The van der Waals surface area contributed by atoms with Crippen LogP contribution in [0.15, 0.2) is 0 Å². The summed E-state index contributed by atoms with van der Waals surface area (Å²) in [6.07, 6.45) is 1.97. The molecule has 100 valence electrons. The molecule has 3 atom stereocenters. The monoisotopic (exact) mass is 261 g/mol. The summed E-state index contributed by atoms with van der Waals surface area (Å²) >= 11 is 0. The van der Waals surface area contributed by atoms with Crippen LogP contribution in [-0.2, 0) is 9.84 Å². The van der Waals surface area contributed by atoms with Crippen molar-refractivity contribution in [3.05, 3.63) is 0 Å². The number of nitrogens with two attached hydrogens (primary N) is 1. The summed E-state index contributed by atoms with van der Waals surface area (Å²) in [4.78, 5) is 0. The molecular formula is C12H23NO3S. The second kappa shape index (κ2) is 3.68. The van der Waals surface area contributed by atoms with E-state index in [2.05, 4.69) is 0 Å². The normalized spacial score (nSPS) is 43.6. The van der Waals surface area contributed by atoms with Gasteiger partial charge in [0.05, 0.1) is 16.1 Å². The number of hydrogen-bond donors (Lipinski definition) is 2. The molecule has 0 spiro atoms. The van der Waals surface area contributed by atoms with Crippen molar-refractivity contribution in [2.24, 2.45) is 11.7 Å². The van der Waals surface area contributed by atoms with E-state index in [1.54, 1.807) is 0 Å². The molecule has 4 nitrogen and oxygen atoms in total. The molecule has 2 rings (SSSR count). The Kier molecular flexibility index (Phi) is 2.88. The highest BCUT2D eigenvalue weighted by Gasteiger charge is 2.58. The van der Waals surface area contributed by atoms with Gasteiger partial charge < -0.3 is 10.8 Å². The fraction of sp³-hybridized carbons (Fsp3) is 1.00. The Morgan fingerprint density at radius 1 is 1.29 bits per heavy atom. The molecule has 3 unspecified atom stereocenters. The Morgan fingerprint density at radius 3 is 2.06 bits per heavy atom. The van der Waals surface area contributed by atoms with Crippen LogP contribution in [0.2, 0.25) is 0 Å². The molecule has 0 radical (unpaired) electrons. The van der Waals surface area contributed by atoms with Crippen LogP contribution in [0.25, 0.3) is 0 Å². The van der Waals surface area contributed by atoms with Gasteiger partial charge >= 0.3 is 0 Å². The van der Waals surface area contributed by atoms with Gasteiger partial charge in [0.2, 0.25) is 0 Å². The molecule has 17 heavy (non-hydrogen) atoms. The molecule has 0 amide bonds. The molecule has 0 saturated carbocycles. The van der Waals surface area contributed by atoms with Gasteiger partial charge in [-0.2, -0.15) is 0 Å². The minimum atomic E-state index is -3.00. The van der Waals surface area contributed by atoms with Gasteiger partial charge in [-0.3, -0.25) is 0 Å². The first kappa shape index (κ1) is 13.3. The summed E-state index contributed by atoms with van der Waals surface area (Å²) in [5, 5.41) is 10.0. The van der Waals surface area contributed by atoms with E-state index >= 15 is 0 Å². The van der Waals surface area contributed by atoms with Crippen LogP contribution in [-0.4, -0.2) is 35.2 Å². The van der Waals surface area contributed by atoms with E-state index in [0.29, 0.717) is 25.7 Å². The lowest BCUT2D eigenvalue weighted by Crippen LogP contribution is -2.65. The first-order chi connectivity index (χ1) is 7.61. The summed E-state index contributed by atoms with van der Waals surface area (Å²) in [5.41, 5.74) is 4.49. The predicted octanol–water partition coefficient (Wildman–Crippen LogP) is 0.831. The second-order valence-electron chi connectivity index (χ2n) is 6.29. The van der Waals surface area contributed by atoms with Crippen molar-refractivity contribution >= 4 is 9.84 Å². The zero-order valence-electron chi connectivity index (χ0n) is 10.8. The smallest absolute Gasteiger partial charge is 0.156 e. The third kappa shape index (κ3) is 1.74. The van der Waals surface area contributed by atoms with E-state index in [9.17, 15) is 13.5 Å². The molecule has 5 heteroatoms. The third-order valence-electron chi connectivity index (χ3n) is 5.07. The molecule has 2 heterocycles. The van der Waals surface area contributed by atoms with Crippen molar-refractivity contribution in [2.45, 2.75) is 68.1 Å². The average molecular weight is 261 g/mol. The molecule has 0 aromatic heterocycles. The molecule has 2 bridgehead atoms. The maximum absolute atomic E-state index is 12.0. The first-order valence-corrected chi connectivity index (χ1v) is 7.96. The number of fused-ring (bicyclic) bond motifs is 2. The lowest BCUT2D eigenvalue weighted by atomic mass is 9.70. The third-order valence-corrected chi connectivity index (χ3v) is 7.74. The molecule has 0 aliphatic carbocycles. The van der Waals surface area contributed by atoms with Gasteiger partial charge in [0, 0.05) is 5.54 Å². The molecule has 2 fully saturated rings. The van der Waals surface area contributed by atoms with Crippen LogP contribution >= 0.6 is 0 Å². The van der Waals surface area contributed by atoms with Crippen LogP contribution in [0.5, 0.6) is 0 Å². The van der Waals surface area contributed by atoms with Gasteiger partial charge in [0.15, 0.2) is 9.84 Å². The minimum absolute atomic E-state index is 0.118. The van der Waals surface area contributed by atoms with Crippen LogP contribution in [0.4, 0.5) is 0 Å². The van der Waals surface area contributed by atoms with E-state index < -0.39 is 21.0 Å². The Morgan fingerprint density at radius 2 is 1.71 bits per heavy atom. The van der Waals surface area contributed by atoms with Crippen molar-refractivity contribution in [2.75, 3.05) is 0 Å². The summed E-state index contributed by atoms with van der Waals surface area (Å²) in [6.45, 7) is 5.79. The highest BCUT2D eigenvalue weighted by atomic mass is 32.2. The zero-order chi connectivity index (χ0) is 13.1. The maximum Gasteiger partial charge on any atom is 0.156 e. The van der Waals surface area contributed by atoms with Crippen LogP contribution in [0.1, 0.15) is 46.5 Å². The number of aliphatic hydroxyl groups is 1. The largest absolute Gasteiger partial charge is 0.388 e. The molecule has 2 saturated heterocycles. The van der Waals surface area contributed by atoms with Crippen molar-refractivity contribution in [3.63, 3.8) is 0 Å². The molecule has 0 aromatic rings. The number of hydrogen-bond acceptors (Lipinski definition) is 4. The van der Waals surface area contributed by atoms with E-state index in [1.165, 1.54) is 0 Å². The number of rotatable bonds is 2. The first-order valence-electron chi connectivity index (χ1n) is 6.35. The fourth-order valence-corrected chi connectivity index (χ4v) is 5.71. The van der Waals surface area contributed by atoms with E-state index in [0.717, 1.165) is 0 Å². The Labute approximate surface area is 104 Å². The van der Waals surface area contributed by atoms with E-state index in [1.807, 2.05) is 20.8 Å².